The molecule has 2 aromatic rings. The minimum absolute atomic E-state index is 0.603. The molecule has 0 saturated heterocycles. The fourth-order valence-corrected chi connectivity index (χ4v) is 4.00. The molecular weight excluding hydrogens is 306 g/mol. The third-order valence-electron chi connectivity index (χ3n) is 4.36. The lowest BCUT2D eigenvalue weighted by Crippen LogP contribution is -2.12. The second-order valence-electron chi connectivity index (χ2n) is 5.93. The average molecular weight is 331 g/mol. The number of ether oxygens (including phenoxy) is 1. The molecule has 0 N–H and O–H groups in total. The van der Waals surface area contributed by atoms with Crippen molar-refractivity contribution >= 4 is 11.8 Å². The first-order chi connectivity index (χ1) is 11.4. The van der Waals surface area contributed by atoms with Crippen LogP contribution in [-0.2, 0) is 6.54 Å². The van der Waals surface area contributed by atoms with Gasteiger partial charge in [0.25, 0.3) is 0 Å². The third kappa shape index (κ3) is 4.28. The SMILES string of the molecule is CCn1c(SCCOc2ccccc2)nnc1C1CCCCC1. The molecule has 1 aromatic carbocycles. The van der Waals surface area contributed by atoms with Crippen molar-refractivity contribution in [3.63, 3.8) is 0 Å². The summed E-state index contributed by atoms with van der Waals surface area (Å²) in [5.41, 5.74) is 0. The minimum Gasteiger partial charge on any atom is -0.493 e. The van der Waals surface area contributed by atoms with E-state index < -0.39 is 0 Å². The van der Waals surface area contributed by atoms with Crippen molar-refractivity contribution in [3.05, 3.63) is 36.2 Å². The van der Waals surface area contributed by atoms with E-state index in [-0.39, 0.29) is 0 Å². The summed E-state index contributed by atoms with van der Waals surface area (Å²) in [4.78, 5) is 0. The van der Waals surface area contributed by atoms with E-state index in [1.165, 1.54) is 37.9 Å². The number of aromatic nitrogens is 3. The van der Waals surface area contributed by atoms with Gasteiger partial charge in [-0.25, -0.2) is 0 Å². The standard InChI is InChI=1S/C18H25N3OS/c1-2-21-17(15-9-5-3-6-10-15)19-20-18(21)23-14-13-22-16-11-7-4-8-12-16/h4,7-8,11-12,15H,2-3,5-6,9-10,13-14H2,1H3. The Hall–Kier alpha value is -1.49. The summed E-state index contributed by atoms with van der Waals surface area (Å²) >= 11 is 1.74. The molecule has 0 aliphatic heterocycles. The maximum absolute atomic E-state index is 5.75. The molecule has 23 heavy (non-hydrogen) atoms. The zero-order chi connectivity index (χ0) is 15.9. The van der Waals surface area contributed by atoms with Crippen LogP contribution in [0.3, 0.4) is 0 Å². The van der Waals surface area contributed by atoms with Crippen molar-refractivity contribution in [2.24, 2.45) is 0 Å². The van der Waals surface area contributed by atoms with E-state index in [1.807, 2.05) is 30.3 Å². The zero-order valence-electron chi connectivity index (χ0n) is 13.8. The van der Waals surface area contributed by atoms with Crippen LogP contribution in [0.15, 0.2) is 35.5 Å². The van der Waals surface area contributed by atoms with Crippen molar-refractivity contribution in [3.8, 4) is 5.75 Å². The van der Waals surface area contributed by atoms with Crippen molar-refractivity contribution in [2.75, 3.05) is 12.4 Å². The second kappa shape index (κ2) is 8.39. The summed E-state index contributed by atoms with van der Waals surface area (Å²) in [7, 11) is 0. The first-order valence-corrected chi connectivity index (χ1v) is 9.60. The molecule has 0 atom stereocenters. The number of para-hydroxylation sites is 1. The third-order valence-corrected chi connectivity index (χ3v) is 5.29. The highest BCUT2D eigenvalue weighted by Gasteiger charge is 2.22. The van der Waals surface area contributed by atoms with Gasteiger partial charge in [-0.05, 0) is 31.9 Å². The highest BCUT2D eigenvalue weighted by molar-refractivity contribution is 7.99. The maximum Gasteiger partial charge on any atom is 0.191 e. The molecule has 1 fully saturated rings. The van der Waals surface area contributed by atoms with E-state index >= 15 is 0 Å². The Kier molecular flexibility index (Phi) is 5.97. The Morgan fingerprint density at radius 2 is 1.91 bits per heavy atom. The van der Waals surface area contributed by atoms with E-state index in [1.54, 1.807) is 11.8 Å². The molecule has 1 heterocycles. The Morgan fingerprint density at radius 1 is 1.13 bits per heavy atom. The van der Waals surface area contributed by atoms with Crippen molar-refractivity contribution in [1.82, 2.24) is 14.8 Å². The van der Waals surface area contributed by atoms with Crippen LogP contribution >= 0.6 is 11.8 Å². The molecule has 1 aliphatic carbocycles. The molecule has 124 valence electrons. The van der Waals surface area contributed by atoms with Gasteiger partial charge in [0.05, 0.1) is 6.61 Å². The molecule has 0 spiro atoms. The van der Waals surface area contributed by atoms with Crippen LogP contribution in [-0.4, -0.2) is 27.1 Å². The largest absolute Gasteiger partial charge is 0.493 e. The molecule has 1 aliphatic rings. The van der Waals surface area contributed by atoms with Crippen LogP contribution in [0, 0.1) is 0 Å². The fourth-order valence-electron chi connectivity index (χ4n) is 3.18. The van der Waals surface area contributed by atoms with Crippen LogP contribution < -0.4 is 4.74 Å². The number of benzene rings is 1. The normalized spacial score (nSPS) is 15.7. The van der Waals surface area contributed by atoms with Gasteiger partial charge in [-0.3, -0.25) is 0 Å². The Bertz CT molecular complexity index is 594. The van der Waals surface area contributed by atoms with Crippen LogP contribution in [0.2, 0.25) is 0 Å². The Labute approximate surface area is 142 Å². The number of hydrogen-bond acceptors (Lipinski definition) is 4. The summed E-state index contributed by atoms with van der Waals surface area (Å²) in [5, 5.41) is 9.96. The van der Waals surface area contributed by atoms with Crippen LogP contribution in [0.1, 0.15) is 50.8 Å². The second-order valence-corrected chi connectivity index (χ2v) is 6.99. The minimum atomic E-state index is 0.603. The van der Waals surface area contributed by atoms with E-state index in [0.717, 1.165) is 23.2 Å². The smallest absolute Gasteiger partial charge is 0.191 e. The molecule has 0 unspecified atom stereocenters. The van der Waals surface area contributed by atoms with E-state index in [2.05, 4.69) is 21.7 Å². The molecular formula is C18H25N3OS. The molecule has 1 saturated carbocycles. The number of nitrogens with zero attached hydrogens (tertiary/aromatic N) is 3. The first kappa shape index (κ1) is 16.4. The van der Waals surface area contributed by atoms with Gasteiger partial charge in [-0.15, -0.1) is 10.2 Å². The van der Waals surface area contributed by atoms with Gasteiger partial charge in [-0.1, -0.05) is 49.2 Å². The van der Waals surface area contributed by atoms with Gasteiger partial charge < -0.3 is 9.30 Å². The van der Waals surface area contributed by atoms with E-state index in [9.17, 15) is 0 Å². The molecule has 0 bridgehead atoms. The van der Waals surface area contributed by atoms with Crippen LogP contribution in [0.5, 0.6) is 5.75 Å². The number of hydrogen-bond donors (Lipinski definition) is 0. The number of rotatable bonds is 7. The van der Waals surface area contributed by atoms with E-state index in [4.69, 9.17) is 4.74 Å². The van der Waals surface area contributed by atoms with Gasteiger partial charge in [-0.2, -0.15) is 0 Å². The van der Waals surface area contributed by atoms with Crippen molar-refractivity contribution in [2.45, 2.75) is 56.6 Å². The predicted molar refractivity (Wildman–Crippen MR) is 94.2 cm³/mol. The van der Waals surface area contributed by atoms with Crippen molar-refractivity contribution in [1.29, 1.82) is 0 Å². The van der Waals surface area contributed by atoms with Gasteiger partial charge >= 0.3 is 0 Å². The molecule has 1 aromatic heterocycles. The quantitative estimate of drug-likeness (QED) is 0.552. The summed E-state index contributed by atoms with van der Waals surface area (Å²) in [5.74, 6) is 3.61. The maximum atomic E-state index is 5.75. The predicted octanol–water partition coefficient (Wildman–Crippen LogP) is 4.52. The lowest BCUT2D eigenvalue weighted by atomic mass is 9.89. The first-order valence-electron chi connectivity index (χ1n) is 8.62. The molecule has 0 radical (unpaired) electrons. The van der Waals surface area contributed by atoms with Gasteiger partial charge in [0, 0.05) is 18.2 Å². The highest BCUT2D eigenvalue weighted by atomic mass is 32.2. The van der Waals surface area contributed by atoms with Crippen LogP contribution in [0.25, 0.3) is 0 Å². The summed E-state index contributed by atoms with van der Waals surface area (Å²) in [6.45, 7) is 3.81. The molecule has 0 amide bonds. The summed E-state index contributed by atoms with van der Waals surface area (Å²) < 4.78 is 8.04. The molecule has 5 heteroatoms. The summed E-state index contributed by atoms with van der Waals surface area (Å²) in [6.07, 6.45) is 6.55. The Balaban J connectivity index is 1.54. The Morgan fingerprint density at radius 3 is 2.65 bits per heavy atom. The van der Waals surface area contributed by atoms with Gasteiger partial charge in [0.1, 0.15) is 11.6 Å². The van der Waals surface area contributed by atoms with E-state index in [0.29, 0.717) is 12.5 Å². The average Bonchev–Trinajstić information content (AvgIpc) is 3.03. The zero-order valence-corrected chi connectivity index (χ0v) is 14.6. The van der Waals surface area contributed by atoms with Gasteiger partial charge in [0.15, 0.2) is 5.16 Å². The molecule has 3 rings (SSSR count). The monoisotopic (exact) mass is 331 g/mol. The van der Waals surface area contributed by atoms with Crippen LogP contribution in [0.4, 0.5) is 0 Å². The van der Waals surface area contributed by atoms with Gasteiger partial charge in [0.2, 0.25) is 0 Å². The lowest BCUT2D eigenvalue weighted by molar-refractivity contribution is 0.344. The molecule has 4 nitrogen and oxygen atoms in total. The fraction of sp³-hybridized carbons (Fsp3) is 0.556. The number of thioether (sulfide) groups is 1. The lowest BCUT2D eigenvalue weighted by Gasteiger charge is -2.21. The highest BCUT2D eigenvalue weighted by Crippen LogP contribution is 2.33. The summed E-state index contributed by atoms with van der Waals surface area (Å²) in [6, 6.07) is 9.96. The van der Waals surface area contributed by atoms with Crippen molar-refractivity contribution < 1.29 is 4.74 Å². The topological polar surface area (TPSA) is 39.9 Å².